The minimum atomic E-state index is 0.529. The highest BCUT2D eigenvalue weighted by molar-refractivity contribution is 5.15. The molecule has 1 N–H and O–H groups in total. The number of hydrogen-bond acceptors (Lipinski definition) is 2. The number of rotatable bonds is 9. The van der Waals surface area contributed by atoms with Gasteiger partial charge < -0.3 is 5.32 Å². The molecule has 1 heterocycles. The van der Waals surface area contributed by atoms with E-state index in [1.54, 1.807) is 0 Å². The topological polar surface area (TPSA) is 29.9 Å². The first-order valence-electron chi connectivity index (χ1n) is 7.39. The standard InChI is InChI=1S/C15H29N3/c1-5-6-7-8-9-10-18-12-15(14(4)17-18)11-16-13(2)3/h12-13,16H,5-11H2,1-4H3. The van der Waals surface area contributed by atoms with E-state index in [0.29, 0.717) is 6.04 Å². The molecule has 1 aromatic heterocycles. The lowest BCUT2D eigenvalue weighted by Gasteiger charge is -2.06. The summed E-state index contributed by atoms with van der Waals surface area (Å²) >= 11 is 0. The highest BCUT2D eigenvalue weighted by Crippen LogP contribution is 2.08. The summed E-state index contributed by atoms with van der Waals surface area (Å²) in [4.78, 5) is 0. The number of nitrogens with one attached hydrogen (secondary N) is 1. The molecular weight excluding hydrogens is 222 g/mol. The highest BCUT2D eigenvalue weighted by Gasteiger charge is 2.05. The van der Waals surface area contributed by atoms with E-state index in [0.717, 1.165) is 18.8 Å². The van der Waals surface area contributed by atoms with Crippen molar-refractivity contribution in [2.24, 2.45) is 0 Å². The number of unbranched alkanes of at least 4 members (excludes halogenated alkanes) is 4. The molecule has 1 rings (SSSR count). The summed E-state index contributed by atoms with van der Waals surface area (Å²) in [7, 11) is 0. The van der Waals surface area contributed by atoms with E-state index in [2.05, 4.69) is 49.0 Å². The van der Waals surface area contributed by atoms with Crippen LogP contribution in [0.15, 0.2) is 6.20 Å². The van der Waals surface area contributed by atoms with Crippen molar-refractivity contribution < 1.29 is 0 Å². The quantitative estimate of drug-likeness (QED) is 0.679. The van der Waals surface area contributed by atoms with Gasteiger partial charge in [-0.15, -0.1) is 0 Å². The van der Waals surface area contributed by atoms with Gasteiger partial charge in [-0.3, -0.25) is 4.68 Å². The van der Waals surface area contributed by atoms with E-state index in [1.807, 2.05) is 0 Å². The Morgan fingerprint density at radius 3 is 2.61 bits per heavy atom. The molecular formula is C15H29N3. The van der Waals surface area contributed by atoms with Crippen molar-refractivity contribution in [2.75, 3.05) is 0 Å². The average Bonchev–Trinajstić information content (AvgIpc) is 2.67. The summed E-state index contributed by atoms with van der Waals surface area (Å²) in [6, 6.07) is 0.529. The van der Waals surface area contributed by atoms with Crippen LogP contribution < -0.4 is 5.32 Å². The summed E-state index contributed by atoms with van der Waals surface area (Å²) < 4.78 is 2.11. The molecule has 0 saturated heterocycles. The molecule has 0 amide bonds. The van der Waals surface area contributed by atoms with Crippen molar-refractivity contribution in [1.82, 2.24) is 15.1 Å². The Labute approximate surface area is 112 Å². The number of hydrogen-bond donors (Lipinski definition) is 1. The predicted molar refractivity (Wildman–Crippen MR) is 77.7 cm³/mol. The highest BCUT2D eigenvalue weighted by atomic mass is 15.3. The van der Waals surface area contributed by atoms with E-state index < -0.39 is 0 Å². The molecule has 104 valence electrons. The SMILES string of the molecule is CCCCCCCn1cc(CNC(C)C)c(C)n1. The largest absolute Gasteiger partial charge is 0.310 e. The Balaban J connectivity index is 2.31. The molecule has 0 aromatic carbocycles. The fourth-order valence-corrected chi connectivity index (χ4v) is 2.04. The van der Waals surface area contributed by atoms with Crippen LogP contribution in [0.2, 0.25) is 0 Å². The molecule has 0 fully saturated rings. The van der Waals surface area contributed by atoms with E-state index in [1.165, 1.54) is 37.7 Å². The first-order valence-corrected chi connectivity index (χ1v) is 7.39. The molecule has 0 radical (unpaired) electrons. The fourth-order valence-electron chi connectivity index (χ4n) is 2.04. The Hall–Kier alpha value is -0.830. The van der Waals surface area contributed by atoms with Gasteiger partial charge >= 0.3 is 0 Å². The van der Waals surface area contributed by atoms with Gasteiger partial charge in [-0.25, -0.2) is 0 Å². The maximum absolute atomic E-state index is 4.58. The third kappa shape index (κ3) is 5.67. The van der Waals surface area contributed by atoms with Gasteiger partial charge in [0.25, 0.3) is 0 Å². The van der Waals surface area contributed by atoms with Crippen LogP contribution >= 0.6 is 0 Å². The van der Waals surface area contributed by atoms with Crippen LogP contribution in [-0.2, 0) is 13.1 Å². The molecule has 0 bridgehead atoms. The smallest absolute Gasteiger partial charge is 0.0638 e. The summed E-state index contributed by atoms with van der Waals surface area (Å²) in [5, 5.41) is 8.03. The van der Waals surface area contributed by atoms with Gasteiger partial charge in [-0.05, 0) is 13.3 Å². The van der Waals surface area contributed by atoms with Crippen LogP contribution in [0.3, 0.4) is 0 Å². The predicted octanol–water partition coefficient (Wildman–Crippen LogP) is 3.66. The van der Waals surface area contributed by atoms with E-state index in [-0.39, 0.29) is 0 Å². The van der Waals surface area contributed by atoms with Crippen LogP contribution in [-0.4, -0.2) is 15.8 Å². The fraction of sp³-hybridized carbons (Fsp3) is 0.800. The Bertz CT molecular complexity index is 328. The molecule has 0 aliphatic carbocycles. The molecule has 0 atom stereocenters. The van der Waals surface area contributed by atoms with E-state index in [4.69, 9.17) is 0 Å². The molecule has 0 unspecified atom stereocenters. The van der Waals surface area contributed by atoms with Crippen LogP contribution in [0.1, 0.15) is 64.1 Å². The van der Waals surface area contributed by atoms with Crippen molar-refractivity contribution >= 4 is 0 Å². The first kappa shape index (κ1) is 15.2. The minimum Gasteiger partial charge on any atom is -0.310 e. The van der Waals surface area contributed by atoms with Gasteiger partial charge in [0, 0.05) is 30.9 Å². The third-order valence-corrected chi connectivity index (χ3v) is 3.24. The van der Waals surface area contributed by atoms with E-state index >= 15 is 0 Å². The summed E-state index contributed by atoms with van der Waals surface area (Å²) in [5.74, 6) is 0. The molecule has 3 nitrogen and oxygen atoms in total. The van der Waals surface area contributed by atoms with Gasteiger partial charge in [0.1, 0.15) is 0 Å². The van der Waals surface area contributed by atoms with E-state index in [9.17, 15) is 0 Å². The number of aryl methyl sites for hydroxylation is 2. The maximum atomic E-state index is 4.58. The lowest BCUT2D eigenvalue weighted by atomic mass is 10.1. The summed E-state index contributed by atoms with van der Waals surface area (Å²) in [6.07, 6.45) is 8.81. The van der Waals surface area contributed by atoms with Gasteiger partial charge in [0.05, 0.1) is 5.69 Å². The minimum absolute atomic E-state index is 0.529. The van der Waals surface area contributed by atoms with Crippen molar-refractivity contribution in [2.45, 2.75) is 78.9 Å². The lowest BCUT2D eigenvalue weighted by molar-refractivity contribution is 0.530. The van der Waals surface area contributed by atoms with Crippen LogP contribution in [0.5, 0.6) is 0 Å². The van der Waals surface area contributed by atoms with Crippen molar-refractivity contribution in [3.8, 4) is 0 Å². The Morgan fingerprint density at radius 1 is 1.22 bits per heavy atom. The van der Waals surface area contributed by atoms with Crippen LogP contribution in [0, 0.1) is 6.92 Å². The van der Waals surface area contributed by atoms with Gasteiger partial charge in [0.2, 0.25) is 0 Å². The molecule has 1 aromatic rings. The zero-order valence-corrected chi connectivity index (χ0v) is 12.5. The second kappa shape index (κ2) is 8.30. The second-order valence-corrected chi connectivity index (χ2v) is 5.45. The molecule has 0 aliphatic rings. The second-order valence-electron chi connectivity index (χ2n) is 5.45. The van der Waals surface area contributed by atoms with Gasteiger partial charge in [-0.1, -0.05) is 46.5 Å². The monoisotopic (exact) mass is 251 g/mol. The molecule has 0 aliphatic heterocycles. The molecule has 0 saturated carbocycles. The Kier molecular flexibility index (Phi) is 7.02. The van der Waals surface area contributed by atoms with Crippen molar-refractivity contribution in [3.63, 3.8) is 0 Å². The van der Waals surface area contributed by atoms with Crippen molar-refractivity contribution in [1.29, 1.82) is 0 Å². The lowest BCUT2D eigenvalue weighted by Crippen LogP contribution is -2.21. The van der Waals surface area contributed by atoms with Crippen LogP contribution in [0.4, 0.5) is 0 Å². The van der Waals surface area contributed by atoms with Crippen LogP contribution in [0.25, 0.3) is 0 Å². The third-order valence-electron chi connectivity index (χ3n) is 3.24. The first-order chi connectivity index (χ1) is 8.63. The summed E-state index contributed by atoms with van der Waals surface area (Å²) in [6.45, 7) is 10.7. The number of nitrogens with zero attached hydrogens (tertiary/aromatic N) is 2. The van der Waals surface area contributed by atoms with Crippen molar-refractivity contribution in [3.05, 3.63) is 17.5 Å². The van der Waals surface area contributed by atoms with Gasteiger partial charge in [-0.2, -0.15) is 5.10 Å². The summed E-state index contributed by atoms with van der Waals surface area (Å²) in [5.41, 5.74) is 2.49. The Morgan fingerprint density at radius 2 is 1.94 bits per heavy atom. The normalized spacial score (nSPS) is 11.4. The average molecular weight is 251 g/mol. The zero-order chi connectivity index (χ0) is 13.4. The number of aromatic nitrogens is 2. The molecule has 18 heavy (non-hydrogen) atoms. The zero-order valence-electron chi connectivity index (χ0n) is 12.5. The molecule has 3 heteroatoms. The molecule has 0 spiro atoms. The van der Waals surface area contributed by atoms with Gasteiger partial charge in [0.15, 0.2) is 0 Å². The maximum Gasteiger partial charge on any atom is 0.0638 e.